The number of nitrogens with zero attached hydrogens (tertiary/aromatic N) is 5. The molecule has 3 aromatic heterocycles. The maximum atomic E-state index is 13.7. The van der Waals surface area contributed by atoms with E-state index in [4.69, 9.17) is 16.7 Å². The molecule has 0 fully saturated rings. The van der Waals surface area contributed by atoms with Crippen LogP contribution >= 0.6 is 11.6 Å². The summed E-state index contributed by atoms with van der Waals surface area (Å²) in [7, 11) is 0. The number of hydrogen-bond acceptors (Lipinski definition) is 4. The van der Waals surface area contributed by atoms with Gasteiger partial charge in [-0.3, -0.25) is 9.59 Å². The number of anilines is 1. The molecule has 1 amide bonds. The molecule has 170 valence electrons. The third-order valence-corrected chi connectivity index (χ3v) is 5.84. The van der Waals surface area contributed by atoms with Crippen molar-refractivity contribution in [3.8, 4) is 11.5 Å². The first-order valence-electron chi connectivity index (χ1n) is 10.7. The van der Waals surface area contributed by atoms with Crippen LogP contribution in [-0.4, -0.2) is 30.0 Å². The number of carbonyl (C=O) groups is 1. The van der Waals surface area contributed by atoms with Crippen molar-refractivity contribution in [2.75, 3.05) is 5.32 Å². The Bertz CT molecular complexity index is 1540. The van der Waals surface area contributed by atoms with E-state index in [1.54, 1.807) is 42.8 Å². The summed E-state index contributed by atoms with van der Waals surface area (Å²) in [6.45, 7) is 3.42. The van der Waals surface area contributed by atoms with E-state index < -0.39 is 11.6 Å². The van der Waals surface area contributed by atoms with Gasteiger partial charge in [-0.1, -0.05) is 29.8 Å². The number of fused-ring (bicyclic) bond motifs is 1. The van der Waals surface area contributed by atoms with E-state index in [1.807, 2.05) is 59.4 Å². The molecule has 0 radical (unpaired) electrons. The number of carbonyl (C=O) groups excluding carboxylic acids is 1. The summed E-state index contributed by atoms with van der Waals surface area (Å²) in [5.41, 5.74) is 2.02. The smallest absolute Gasteiger partial charge is 0.280 e. The molecule has 0 spiro atoms. The van der Waals surface area contributed by atoms with Gasteiger partial charge in [0.2, 0.25) is 5.91 Å². The highest BCUT2D eigenvalue weighted by Crippen LogP contribution is 2.25. The molecule has 0 aliphatic heterocycles. The van der Waals surface area contributed by atoms with E-state index in [-0.39, 0.29) is 5.91 Å². The summed E-state index contributed by atoms with van der Waals surface area (Å²) in [4.78, 5) is 26.7. The SMILES string of the molecule is Cc1nn([C@H](C)C(=O)Nc2ccc(Cl)cc2)c(=O)c2c(-n3cccc3)n(-c3ccccc3)nc12. The molecule has 0 unspecified atom stereocenters. The van der Waals surface area contributed by atoms with Crippen molar-refractivity contribution in [2.24, 2.45) is 0 Å². The van der Waals surface area contributed by atoms with Crippen LogP contribution < -0.4 is 10.9 Å². The second-order valence-electron chi connectivity index (χ2n) is 7.89. The summed E-state index contributed by atoms with van der Waals surface area (Å²) >= 11 is 5.93. The number of amides is 1. The Morgan fingerprint density at radius 2 is 1.65 bits per heavy atom. The zero-order valence-electron chi connectivity index (χ0n) is 18.5. The predicted molar refractivity (Wildman–Crippen MR) is 132 cm³/mol. The van der Waals surface area contributed by atoms with Crippen molar-refractivity contribution < 1.29 is 4.79 Å². The Kier molecular flexibility index (Phi) is 5.51. The third-order valence-electron chi connectivity index (χ3n) is 5.59. The van der Waals surface area contributed by atoms with Crippen molar-refractivity contribution in [2.45, 2.75) is 19.9 Å². The van der Waals surface area contributed by atoms with Crippen LogP contribution in [0.2, 0.25) is 5.02 Å². The van der Waals surface area contributed by atoms with Crippen molar-refractivity contribution in [3.63, 3.8) is 0 Å². The fraction of sp³-hybridized carbons (Fsp3) is 0.120. The summed E-state index contributed by atoms with van der Waals surface area (Å²) < 4.78 is 4.78. The van der Waals surface area contributed by atoms with E-state index >= 15 is 0 Å². The molecule has 0 saturated heterocycles. The van der Waals surface area contributed by atoms with Gasteiger partial charge >= 0.3 is 0 Å². The van der Waals surface area contributed by atoms with Gasteiger partial charge in [0.15, 0.2) is 5.82 Å². The normalized spacial score (nSPS) is 12.1. The molecule has 0 aliphatic rings. The molecule has 8 nitrogen and oxygen atoms in total. The highest BCUT2D eigenvalue weighted by molar-refractivity contribution is 6.30. The Hall–Kier alpha value is -4.17. The maximum Gasteiger partial charge on any atom is 0.280 e. The van der Waals surface area contributed by atoms with Gasteiger partial charge in [-0.2, -0.15) is 10.2 Å². The summed E-state index contributed by atoms with van der Waals surface area (Å²) in [6.07, 6.45) is 3.71. The molecule has 1 N–H and O–H groups in total. The summed E-state index contributed by atoms with van der Waals surface area (Å²) in [5, 5.41) is 12.9. The fourth-order valence-electron chi connectivity index (χ4n) is 3.85. The minimum absolute atomic E-state index is 0.367. The molecule has 34 heavy (non-hydrogen) atoms. The zero-order valence-corrected chi connectivity index (χ0v) is 19.3. The number of rotatable bonds is 5. The van der Waals surface area contributed by atoms with Crippen molar-refractivity contribution in [1.82, 2.24) is 24.1 Å². The van der Waals surface area contributed by atoms with E-state index in [0.29, 0.717) is 33.1 Å². The molecule has 3 heterocycles. The number of aryl methyl sites for hydroxylation is 1. The van der Waals surface area contributed by atoms with Gasteiger partial charge in [-0.25, -0.2) is 9.36 Å². The topological polar surface area (TPSA) is 86.7 Å². The first-order chi connectivity index (χ1) is 16.4. The van der Waals surface area contributed by atoms with Crippen molar-refractivity contribution >= 4 is 34.1 Å². The Morgan fingerprint density at radius 1 is 0.971 bits per heavy atom. The van der Waals surface area contributed by atoms with Crippen molar-refractivity contribution in [3.05, 3.63) is 100 Å². The predicted octanol–water partition coefficient (Wildman–Crippen LogP) is 4.53. The average Bonchev–Trinajstić information content (AvgIpc) is 3.51. The highest BCUT2D eigenvalue weighted by atomic mass is 35.5. The third kappa shape index (κ3) is 3.78. The first kappa shape index (κ1) is 21.7. The fourth-order valence-corrected chi connectivity index (χ4v) is 3.97. The average molecular weight is 473 g/mol. The molecule has 0 aliphatic carbocycles. The number of aromatic nitrogens is 5. The minimum atomic E-state index is -0.858. The molecule has 0 bridgehead atoms. The van der Waals surface area contributed by atoms with E-state index in [0.717, 1.165) is 5.69 Å². The Balaban J connectivity index is 1.66. The molecule has 1 atom stereocenters. The Morgan fingerprint density at radius 3 is 2.32 bits per heavy atom. The number of para-hydroxylation sites is 1. The number of halogens is 1. The van der Waals surface area contributed by atoms with E-state index in [9.17, 15) is 9.59 Å². The first-order valence-corrected chi connectivity index (χ1v) is 11.1. The van der Waals surface area contributed by atoms with E-state index in [2.05, 4.69) is 10.4 Å². The second kappa shape index (κ2) is 8.64. The minimum Gasteiger partial charge on any atom is -0.324 e. The lowest BCUT2D eigenvalue weighted by Gasteiger charge is -2.15. The molecule has 5 rings (SSSR count). The van der Waals surface area contributed by atoms with Crippen LogP contribution in [0.25, 0.3) is 22.4 Å². The number of hydrogen-bond donors (Lipinski definition) is 1. The van der Waals surface area contributed by atoms with Crippen LogP contribution in [0.15, 0.2) is 83.9 Å². The summed E-state index contributed by atoms with van der Waals surface area (Å²) in [6, 6.07) is 19.2. The zero-order chi connectivity index (χ0) is 23.8. The maximum absolute atomic E-state index is 13.7. The number of benzene rings is 2. The lowest BCUT2D eigenvalue weighted by Crippen LogP contribution is -2.34. The molecular weight excluding hydrogens is 452 g/mol. The lowest BCUT2D eigenvalue weighted by molar-refractivity contribution is -0.119. The van der Waals surface area contributed by atoms with Gasteiger partial charge in [-0.05, 0) is 62.4 Å². The van der Waals surface area contributed by atoms with Gasteiger partial charge in [-0.15, -0.1) is 0 Å². The monoisotopic (exact) mass is 472 g/mol. The van der Waals surface area contributed by atoms with Crippen LogP contribution in [-0.2, 0) is 4.79 Å². The quantitative estimate of drug-likeness (QED) is 0.407. The molecule has 0 saturated carbocycles. The summed E-state index contributed by atoms with van der Waals surface area (Å²) in [5.74, 6) is 0.217. The Labute approximate surface area is 200 Å². The standard InChI is InChI=1S/C25H21ClN6O2/c1-16-22-21(24(30-14-6-7-15-30)32(29-22)20-8-4-3-5-9-20)25(34)31(28-16)17(2)23(33)27-19-12-10-18(26)11-13-19/h3-15,17H,1-2H3,(H,27,33)/t17-/m1/s1. The molecule has 2 aromatic carbocycles. The van der Waals surface area contributed by atoms with Crippen LogP contribution in [0, 0.1) is 6.92 Å². The van der Waals surface area contributed by atoms with Crippen LogP contribution in [0.1, 0.15) is 18.7 Å². The van der Waals surface area contributed by atoms with Crippen LogP contribution in [0.5, 0.6) is 0 Å². The van der Waals surface area contributed by atoms with Gasteiger partial charge in [0.25, 0.3) is 5.56 Å². The molecular formula is C25H21ClN6O2. The van der Waals surface area contributed by atoms with Gasteiger partial charge in [0, 0.05) is 23.1 Å². The number of nitrogens with one attached hydrogen (secondary N) is 1. The highest BCUT2D eigenvalue weighted by Gasteiger charge is 2.25. The lowest BCUT2D eigenvalue weighted by atomic mass is 10.2. The molecule has 5 aromatic rings. The van der Waals surface area contributed by atoms with Gasteiger partial charge in [0.1, 0.15) is 16.9 Å². The van der Waals surface area contributed by atoms with Crippen molar-refractivity contribution in [1.29, 1.82) is 0 Å². The van der Waals surface area contributed by atoms with Gasteiger partial charge in [0.05, 0.1) is 11.4 Å². The van der Waals surface area contributed by atoms with E-state index in [1.165, 1.54) is 4.68 Å². The van der Waals surface area contributed by atoms with Crippen LogP contribution in [0.4, 0.5) is 5.69 Å². The largest absolute Gasteiger partial charge is 0.324 e. The van der Waals surface area contributed by atoms with Gasteiger partial charge < -0.3 is 9.88 Å². The molecule has 9 heteroatoms. The second-order valence-corrected chi connectivity index (χ2v) is 8.33. The van der Waals surface area contributed by atoms with Crippen LogP contribution in [0.3, 0.4) is 0 Å².